The van der Waals surface area contributed by atoms with Crippen LogP contribution < -0.4 is 0 Å². The zero-order valence-corrected chi connectivity index (χ0v) is 21.4. The molecule has 0 aromatic carbocycles. The molecule has 19 heavy (non-hydrogen) atoms. The Morgan fingerprint density at radius 2 is 1.11 bits per heavy atom. The van der Waals surface area contributed by atoms with Crippen molar-refractivity contribution >= 4 is 133 Å². The summed E-state index contributed by atoms with van der Waals surface area (Å²) in [5.41, 5.74) is 0. The molecule has 5 N–H and O–H groups in total. The van der Waals surface area contributed by atoms with Gasteiger partial charge in [0.2, 0.25) is 0 Å². The zero-order chi connectivity index (χ0) is 12.3. The minimum absolute atomic E-state index is 0. The van der Waals surface area contributed by atoms with Crippen LogP contribution >= 0.6 is 15.2 Å². The number of hydrogen-bond donors (Lipinski definition) is 5. The Morgan fingerprint density at radius 3 is 1.26 bits per heavy atom. The van der Waals surface area contributed by atoms with E-state index in [1.54, 1.807) is 0 Å². The molecule has 0 bridgehead atoms. The summed E-state index contributed by atoms with van der Waals surface area (Å²) in [4.78, 5) is 34.2. The molecule has 0 aromatic rings. The monoisotopic (exact) mass is 357 g/mol. The number of nitrogens with zero attached hydrogens (tertiary/aromatic N) is 1. The van der Waals surface area contributed by atoms with Crippen LogP contribution in [0.5, 0.6) is 0 Å². The molecule has 0 saturated heterocycles. The molecule has 0 fully saturated rings. The molecule has 0 amide bonds. The van der Waals surface area contributed by atoms with E-state index >= 15 is 0 Å². The van der Waals surface area contributed by atoms with Gasteiger partial charge in [0, 0.05) is 118 Å². The molecule has 9 nitrogen and oxygen atoms in total. The van der Waals surface area contributed by atoms with Gasteiger partial charge in [0.25, 0.3) is 0 Å². The van der Waals surface area contributed by atoms with Crippen LogP contribution in [0, 0.1) is 5.21 Å². The summed E-state index contributed by atoms with van der Waals surface area (Å²) in [6.07, 6.45) is -2.53. The van der Waals surface area contributed by atoms with Crippen molar-refractivity contribution in [1.82, 2.24) is 0 Å². The zero-order valence-electron chi connectivity index (χ0n) is 11.6. The van der Waals surface area contributed by atoms with Crippen LogP contribution in [-0.2, 0) is 9.13 Å². The van der Waals surface area contributed by atoms with Crippen molar-refractivity contribution in [2.24, 2.45) is 0 Å². The maximum absolute atomic E-state index is 11.5. The smallest absolute Gasteiger partial charge is 0.379 e. The normalized spacial score (nSPS) is 11.3. The van der Waals surface area contributed by atoms with Gasteiger partial charge in [-0.2, -0.15) is 0 Å². The van der Waals surface area contributed by atoms with Gasteiger partial charge in [0.15, 0.2) is 12.6 Å². The van der Waals surface area contributed by atoms with Crippen LogP contribution in [-0.4, -0.2) is 173 Å². The molecular formula is C4H13NNa4O8P2. The molecule has 0 saturated carbocycles. The predicted molar refractivity (Wildman–Crippen MR) is 72.4 cm³/mol. The van der Waals surface area contributed by atoms with Crippen LogP contribution in [0.1, 0.15) is 0 Å². The van der Waals surface area contributed by atoms with Crippen LogP contribution in [0.3, 0.4) is 0 Å². The standard InChI is InChI=1S/C4H13NO8P2.4Na/c6-2-1-5(7,3-14(8,9)10)4-15(11,12)13;;;;/h6H,1-4H2,(H2,8,9,10)(H2,11,12,13);;;;. The Balaban J connectivity index is -0.000000163. The van der Waals surface area contributed by atoms with E-state index in [0.717, 1.165) is 0 Å². The first-order valence-electron chi connectivity index (χ1n) is 3.75. The molecule has 96 valence electrons. The second-order valence-electron chi connectivity index (χ2n) is 3.12. The molecule has 0 atom stereocenters. The molecule has 0 unspecified atom stereocenters. The third-order valence-corrected chi connectivity index (χ3v) is 3.16. The molecule has 0 aliphatic rings. The van der Waals surface area contributed by atoms with E-state index in [9.17, 15) is 14.3 Å². The van der Waals surface area contributed by atoms with Crippen LogP contribution in [0.4, 0.5) is 0 Å². The van der Waals surface area contributed by atoms with E-state index in [1.807, 2.05) is 0 Å². The van der Waals surface area contributed by atoms with Gasteiger partial charge in [-0.1, -0.05) is 0 Å². The average molecular weight is 357 g/mol. The molecule has 0 aliphatic carbocycles. The number of aliphatic hydroxyl groups is 1. The first-order valence-corrected chi connectivity index (χ1v) is 7.34. The van der Waals surface area contributed by atoms with Crippen molar-refractivity contribution in [2.45, 2.75) is 0 Å². The third kappa shape index (κ3) is 22.2. The molecule has 0 aliphatic heterocycles. The Morgan fingerprint density at radius 1 is 0.842 bits per heavy atom. The second-order valence-corrected chi connectivity index (χ2v) is 6.34. The first-order chi connectivity index (χ1) is 6.47. The molecule has 0 rings (SSSR count). The summed E-state index contributed by atoms with van der Waals surface area (Å²) in [5.74, 6) is 0. The van der Waals surface area contributed by atoms with Crippen molar-refractivity contribution in [2.75, 3.05) is 25.7 Å². The summed E-state index contributed by atoms with van der Waals surface area (Å²) in [6, 6.07) is 0. The van der Waals surface area contributed by atoms with E-state index in [1.165, 1.54) is 0 Å². The maximum Gasteiger partial charge on any atom is 0.379 e. The number of hydroxylamine groups is 3. The van der Waals surface area contributed by atoms with Gasteiger partial charge >= 0.3 is 15.2 Å². The second kappa shape index (κ2) is 14.5. The van der Waals surface area contributed by atoms with Gasteiger partial charge in [-0.3, -0.25) is 9.13 Å². The Labute approximate surface area is 199 Å². The van der Waals surface area contributed by atoms with Gasteiger partial charge in [0.1, 0.15) is 6.54 Å². The predicted octanol–water partition coefficient (Wildman–Crippen LogP) is -2.96. The molecule has 0 aromatic heterocycles. The summed E-state index contributed by atoms with van der Waals surface area (Å²) in [5, 5.41) is 20.0. The van der Waals surface area contributed by atoms with E-state index in [4.69, 9.17) is 24.7 Å². The van der Waals surface area contributed by atoms with Gasteiger partial charge in [-0.15, -0.1) is 0 Å². The Kier molecular flexibility index (Phi) is 26.4. The van der Waals surface area contributed by atoms with E-state index < -0.39 is 45.6 Å². The van der Waals surface area contributed by atoms with Crippen molar-refractivity contribution in [3.8, 4) is 0 Å². The van der Waals surface area contributed by atoms with Crippen LogP contribution in [0.15, 0.2) is 0 Å². The average Bonchev–Trinajstić information content (AvgIpc) is 1.74. The van der Waals surface area contributed by atoms with Gasteiger partial charge < -0.3 is 34.5 Å². The summed E-state index contributed by atoms with van der Waals surface area (Å²) in [6.45, 7) is -1.40. The molecular weight excluding hydrogens is 344 g/mol. The van der Waals surface area contributed by atoms with Gasteiger partial charge in [0.05, 0.1) is 6.61 Å². The Bertz CT molecular complexity index is 283. The van der Waals surface area contributed by atoms with Crippen molar-refractivity contribution in [3.05, 3.63) is 5.21 Å². The Hall–Kier alpha value is 4.18. The van der Waals surface area contributed by atoms with Crippen molar-refractivity contribution in [3.63, 3.8) is 0 Å². The SMILES string of the molecule is O=P(O)(O)C[N+]([O-])(CCO)CP(=O)(O)O.[Na].[Na].[Na].[Na]. The number of quaternary nitrogens is 1. The van der Waals surface area contributed by atoms with Gasteiger partial charge in [-0.05, 0) is 0 Å². The maximum atomic E-state index is 11.5. The van der Waals surface area contributed by atoms with Gasteiger partial charge in [-0.25, -0.2) is 0 Å². The number of aliphatic hydroxyl groups excluding tert-OH is 1. The largest absolute Gasteiger partial charge is 0.632 e. The topological polar surface area (TPSA) is 158 Å². The fourth-order valence-electron chi connectivity index (χ4n) is 1.04. The van der Waals surface area contributed by atoms with Crippen molar-refractivity contribution in [1.29, 1.82) is 0 Å². The number of hydrogen-bond acceptors (Lipinski definition) is 4. The van der Waals surface area contributed by atoms with E-state index in [2.05, 4.69) is 0 Å². The molecule has 15 heteroatoms. The fraction of sp³-hybridized carbons (Fsp3) is 1.00. The van der Waals surface area contributed by atoms with Crippen LogP contribution in [0.25, 0.3) is 0 Å². The van der Waals surface area contributed by atoms with Crippen molar-refractivity contribution < 1.29 is 38.5 Å². The number of rotatable bonds is 6. The molecule has 0 heterocycles. The van der Waals surface area contributed by atoms with Crippen LogP contribution in [0.2, 0.25) is 0 Å². The third-order valence-electron chi connectivity index (χ3n) is 1.39. The minimum atomic E-state index is -4.70. The molecule has 0 spiro atoms. The fourth-order valence-corrected chi connectivity index (χ4v) is 3.02. The minimum Gasteiger partial charge on any atom is -0.632 e. The first kappa shape index (κ1) is 34.5. The summed E-state index contributed by atoms with van der Waals surface area (Å²) in [7, 11) is -9.40. The van der Waals surface area contributed by atoms with E-state index in [-0.39, 0.29) is 118 Å². The molecule has 4 radical (unpaired) electrons. The summed E-state index contributed by atoms with van der Waals surface area (Å²) < 4.78 is 19.3. The summed E-state index contributed by atoms with van der Waals surface area (Å²) >= 11 is 0. The quantitative estimate of drug-likeness (QED) is 0.146. The van der Waals surface area contributed by atoms with E-state index in [0.29, 0.717) is 0 Å².